The Morgan fingerprint density at radius 3 is 2.38 bits per heavy atom. The van der Waals surface area contributed by atoms with Crippen LogP contribution < -0.4 is 11.1 Å². The van der Waals surface area contributed by atoms with Gasteiger partial charge in [0.2, 0.25) is 5.91 Å². The van der Waals surface area contributed by atoms with E-state index in [-0.39, 0.29) is 11.9 Å². The Morgan fingerprint density at radius 1 is 1.24 bits per heavy atom. The minimum atomic E-state index is -0.0771. The van der Waals surface area contributed by atoms with Gasteiger partial charge in [-0.1, -0.05) is 44.2 Å². The number of rotatable bonds is 8. The number of likely N-dealkylation sites (N-methyl/N-ethyl adjacent to an activating group) is 1. The fourth-order valence-electron chi connectivity index (χ4n) is 2.47. The van der Waals surface area contributed by atoms with Crippen molar-refractivity contribution in [1.29, 1.82) is 0 Å². The highest BCUT2D eigenvalue weighted by Crippen LogP contribution is 2.15. The first-order valence-electron chi connectivity index (χ1n) is 7.65. The van der Waals surface area contributed by atoms with Crippen molar-refractivity contribution in [2.75, 3.05) is 20.6 Å². The van der Waals surface area contributed by atoms with E-state index < -0.39 is 0 Å². The molecule has 2 atom stereocenters. The van der Waals surface area contributed by atoms with Gasteiger partial charge in [0.1, 0.15) is 0 Å². The third kappa shape index (κ3) is 6.27. The van der Waals surface area contributed by atoms with Crippen LogP contribution in [0.2, 0.25) is 0 Å². The van der Waals surface area contributed by atoms with Crippen molar-refractivity contribution >= 4 is 5.91 Å². The zero-order valence-corrected chi connectivity index (χ0v) is 13.7. The number of hydrogen-bond acceptors (Lipinski definition) is 3. The van der Waals surface area contributed by atoms with Crippen LogP contribution in [-0.2, 0) is 4.79 Å². The third-order valence-electron chi connectivity index (χ3n) is 3.85. The fraction of sp³-hybridized carbons (Fsp3) is 0.588. The fourth-order valence-corrected chi connectivity index (χ4v) is 2.47. The van der Waals surface area contributed by atoms with Crippen LogP contribution in [0.5, 0.6) is 0 Å². The molecule has 0 aliphatic heterocycles. The molecule has 0 saturated heterocycles. The molecule has 3 N–H and O–H groups in total. The monoisotopic (exact) mass is 291 g/mol. The highest BCUT2D eigenvalue weighted by Gasteiger charge is 2.17. The van der Waals surface area contributed by atoms with Crippen LogP contribution in [0.3, 0.4) is 0 Å². The number of nitrogens with two attached hydrogens (primary N) is 1. The van der Waals surface area contributed by atoms with Crippen LogP contribution in [0, 0.1) is 5.92 Å². The van der Waals surface area contributed by atoms with Crippen molar-refractivity contribution in [1.82, 2.24) is 10.2 Å². The van der Waals surface area contributed by atoms with Crippen molar-refractivity contribution < 1.29 is 4.79 Å². The average molecular weight is 291 g/mol. The van der Waals surface area contributed by atoms with Gasteiger partial charge in [0.15, 0.2) is 0 Å². The van der Waals surface area contributed by atoms with Crippen molar-refractivity contribution in [3.05, 3.63) is 35.9 Å². The first kappa shape index (κ1) is 17.7. The second kappa shape index (κ2) is 8.80. The predicted octanol–water partition coefficient (Wildman–Crippen LogP) is 2.17. The summed E-state index contributed by atoms with van der Waals surface area (Å²) in [5.74, 6) is 0.584. The molecule has 0 aromatic heterocycles. The van der Waals surface area contributed by atoms with E-state index in [1.54, 1.807) is 0 Å². The van der Waals surface area contributed by atoms with Gasteiger partial charge < -0.3 is 16.0 Å². The topological polar surface area (TPSA) is 58.4 Å². The molecule has 4 nitrogen and oxygen atoms in total. The number of amides is 1. The van der Waals surface area contributed by atoms with Crippen LogP contribution in [0.25, 0.3) is 0 Å². The predicted molar refractivity (Wildman–Crippen MR) is 87.9 cm³/mol. The minimum Gasteiger partial charge on any atom is -0.355 e. The van der Waals surface area contributed by atoms with E-state index in [1.807, 2.05) is 44.4 Å². The van der Waals surface area contributed by atoms with Gasteiger partial charge >= 0.3 is 0 Å². The Balaban J connectivity index is 2.34. The van der Waals surface area contributed by atoms with E-state index in [4.69, 9.17) is 5.73 Å². The lowest BCUT2D eigenvalue weighted by atomic mass is 10.0. The summed E-state index contributed by atoms with van der Waals surface area (Å²) in [5.41, 5.74) is 7.19. The van der Waals surface area contributed by atoms with Crippen LogP contribution in [0.15, 0.2) is 30.3 Å². The summed E-state index contributed by atoms with van der Waals surface area (Å²) in [6.07, 6.45) is 1.14. The Morgan fingerprint density at radius 2 is 1.86 bits per heavy atom. The lowest BCUT2D eigenvalue weighted by molar-refractivity contribution is -0.121. The molecular formula is C17H29N3O. The minimum absolute atomic E-state index is 0.0771. The molecule has 0 radical (unpaired) electrons. The number of hydrogen-bond donors (Lipinski definition) is 2. The van der Waals surface area contributed by atoms with E-state index in [2.05, 4.69) is 24.1 Å². The molecule has 118 valence electrons. The van der Waals surface area contributed by atoms with Gasteiger partial charge in [-0.3, -0.25) is 4.79 Å². The molecule has 21 heavy (non-hydrogen) atoms. The molecule has 1 amide bonds. The Bertz CT molecular complexity index is 409. The van der Waals surface area contributed by atoms with Crippen LogP contribution >= 0.6 is 0 Å². The summed E-state index contributed by atoms with van der Waals surface area (Å²) < 4.78 is 0. The summed E-state index contributed by atoms with van der Waals surface area (Å²) in [7, 11) is 4.09. The van der Waals surface area contributed by atoms with Gasteiger partial charge in [-0.2, -0.15) is 0 Å². The number of nitrogens with zero attached hydrogens (tertiary/aromatic N) is 1. The lowest BCUT2D eigenvalue weighted by Gasteiger charge is -2.28. The second-order valence-corrected chi connectivity index (χ2v) is 6.13. The molecule has 0 saturated carbocycles. The van der Waals surface area contributed by atoms with Crippen LogP contribution in [0.4, 0.5) is 0 Å². The number of benzene rings is 1. The van der Waals surface area contributed by atoms with Gasteiger partial charge in [0, 0.05) is 25.0 Å². The zero-order valence-electron chi connectivity index (χ0n) is 13.7. The van der Waals surface area contributed by atoms with Crippen molar-refractivity contribution in [2.45, 2.75) is 38.8 Å². The molecule has 0 aliphatic carbocycles. The van der Waals surface area contributed by atoms with Gasteiger partial charge in [-0.15, -0.1) is 0 Å². The summed E-state index contributed by atoms with van der Waals surface area (Å²) in [6, 6.07) is 10.2. The molecule has 0 bridgehead atoms. The summed E-state index contributed by atoms with van der Waals surface area (Å²) in [4.78, 5) is 14.1. The van der Waals surface area contributed by atoms with Gasteiger partial charge in [-0.05, 0) is 32.0 Å². The molecule has 0 heterocycles. The van der Waals surface area contributed by atoms with Crippen LogP contribution in [-0.4, -0.2) is 37.5 Å². The van der Waals surface area contributed by atoms with Crippen LogP contribution in [0.1, 0.15) is 38.3 Å². The highest BCUT2D eigenvalue weighted by atomic mass is 16.1. The van der Waals surface area contributed by atoms with Gasteiger partial charge in [0.25, 0.3) is 0 Å². The molecular weight excluding hydrogens is 262 g/mol. The maximum atomic E-state index is 11.9. The van der Waals surface area contributed by atoms with E-state index in [0.29, 0.717) is 31.3 Å². The first-order valence-corrected chi connectivity index (χ1v) is 7.65. The lowest BCUT2D eigenvalue weighted by Crippen LogP contribution is -2.43. The van der Waals surface area contributed by atoms with E-state index in [9.17, 15) is 4.79 Å². The van der Waals surface area contributed by atoms with E-state index >= 15 is 0 Å². The second-order valence-electron chi connectivity index (χ2n) is 6.13. The Kier molecular flexibility index (Phi) is 7.40. The summed E-state index contributed by atoms with van der Waals surface area (Å²) >= 11 is 0. The molecule has 0 fully saturated rings. The van der Waals surface area contributed by atoms with Crippen molar-refractivity contribution in [2.24, 2.45) is 11.7 Å². The van der Waals surface area contributed by atoms with Crippen molar-refractivity contribution in [3.8, 4) is 0 Å². The highest BCUT2D eigenvalue weighted by molar-refractivity contribution is 5.75. The smallest absolute Gasteiger partial charge is 0.220 e. The van der Waals surface area contributed by atoms with Gasteiger partial charge in [-0.25, -0.2) is 0 Å². The molecule has 2 unspecified atom stereocenters. The first-order chi connectivity index (χ1) is 9.91. The SMILES string of the molecule is CC(C)C(CNC(=O)CCC(N)c1ccccc1)N(C)C. The standard InChI is InChI=1S/C17H29N3O/c1-13(2)16(20(3)4)12-19-17(21)11-10-15(18)14-8-6-5-7-9-14/h5-9,13,15-16H,10-12,18H2,1-4H3,(H,19,21). The van der Waals surface area contributed by atoms with Crippen molar-refractivity contribution in [3.63, 3.8) is 0 Å². The number of carbonyl (C=O) groups excluding carboxylic acids is 1. The van der Waals surface area contributed by atoms with Gasteiger partial charge in [0.05, 0.1) is 0 Å². The zero-order chi connectivity index (χ0) is 15.8. The summed E-state index contributed by atoms with van der Waals surface area (Å²) in [6.45, 7) is 5.02. The molecule has 1 aromatic carbocycles. The Hall–Kier alpha value is -1.39. The third-order valence-corrected chi connectivity index (χ3v) is 3.85. The average Bonchev–Trinajstić information content (AvgIpc) is 2.45. The quantitative estimate of drug-likeness (QED) is 0.772. The summed E-state index contributed by atoms with van der Waals surface area (Å²) in [5, 5.41) is 3.02. The normalized spacial score (nSPS) is 14.2. The largest absolute Gasteiger partial charge is 0.355 e. The maximum absolute atomic E-state index is 11.9. The molecule has 1 rings (SSSR count). The van der Waals surface area contributed by atoms with E-state index in [0.717, 1.165) is 5.56 Å². The Labute approximate surface area is 128 Å². The molecule has 0 aliphatic rings. The number of carbonyl (C=O) groups is 1. The molecule has 4 heteroatoms. The maximum Gasteiger partial charge on any atom is 0.220 e. The molecule has 1 aromatic rings. The number of nitrogens with one attached hydrogen (secondary N) is 1. The van der Waals surface area contributed by atoms with E-state index in [1.165, 1.54) is 0 Å². The molecule has 0 spiro atoms.